The minimum Gasteiger partial charge on any atom is -0.397 e. The largest absolute Gasteiger partial charge is 0.397 e. The van der Waals surface area contributed by atoms with E-state index in [4.69, 9.17) is 5.73 Å². The molecule has 27 heavy (non-hydrogen) atoms. The molecule has 0 fully saturated rings. The highest BCUT2D eigenvalue weighted by Crippen LogP contribution is 2.21. The number of hydrogen-bond acceptors (Lipinski definition) is 3. The molecule has 0 aliphatic heterocycles. The van der Waals surface area contributed by atoms with Gasteiger partial charge < -0.3 is 11.1 Å². The van der Waals surface area contributed by atoms with Crippen LogP contribution in [0.3, 0.4) is 0 Å². The fourth-order valence-corrected chi connectivity index (χ4v) is 2.96. The zero-order valence-electron chi connectivity index (χ0n) is 15.1. The number of nitrogens with two attached hydrogens (primary N) is 1. The lowest BCUT2D eigenvalue weighted by Gasteiger charge is -2.13. The first-order valence-corrected chi connectivity index (χ1v) is 9.48. The molecule has 0 spiro atoms. The number of halogens is 1. The van der Waals surface area contributed by atoms with E-state index in [-0.39, 0.29) is 5.78 Å². The van der Waals surface area contributed by atoms with Crippen LogP contribution in [0.4, 0.5) is 11.4 Å². The van der Waals surface area contributed by atoms with Crippen LogP contribution < -0.4 is 11.1 Å². The van der Waals surface area contributed by atoms with E-state index in [2.05, 4.69) is 52.4 Å². The molecule has 0 saturated carbocycles. The standard InChI is InChI=1S/C23H21BrN2O/c1-16-6-8-17(9-7-16)14-20(26-22-5-3-2-4-21(22)25)15-23(27)18-10-12-19(24)13-11-18/h2-13,15,26H,14,25H2,1H3/b20-15-. The van der Waals surface area contributed by atoms with Crippen LogP contribution in [-0.4, -0.2) is 5.78 Å². The Bertz CT molecular complexity index is 960. The van der Waals surface area contributed by atoms with Crippen LogP contribution in [0.15, 0.2) is 89.0 Å². The van der Waals surface area contributed by atoms with Crippen LogP contribution in [0, 0.1) is 6.92 Å². The van der Waals surface area contributed by atoms with Crippen LogP contribution in [0.5, 0.6) is 0 Å². The van der Waals surface area contributed by atoms with Gasteiger partial charge in [-0.15, -0.1) is 0 Å². The Hall–Kier alpha value is -2.85. The van der Waals surface area contributed by atoms with E-state index in [0.29, 0.717) is 17.7 Å². The number of aryl methyl sites for hydroxylation is 1. The molecule has 3 N–H and O–H groups in total. The molecule has 0 aliphatic carbocycles. The summed E-state index contributed by atoms with van der Waals surface area (Å²) in [5, 5.41) is 3.33. The first-order chi connectivity index (χ1) is 13.0. The smallest absolute Gasteiger partial charge is 0.187 e. The number of para-hydroxylation sites is 2. The lowest BCUT2D eigenvalue weighted by atomic mass is 10.0. The summed E-state index contributed by atoms with van der Waals surface area (Å²) in [7, 11) is 0. The molecular formula is C23H21BrN2O. The third kappa shape index (κ3) is 5.31. The lowest BCUT2D eigenvalue weighted by Crippen LogP contribution is -2.08. The van der Waals surface area contributed by atoms with E-state index in [1.54, 1.807) is 6.08 Å². The van der Waals surface area contributed by atoms with Gasteiger partial charge in [0.1, 0.15) is 0 Å². The summed E-state index contributed by atoms with van der Waals surface area (Å²) in [4.78, 5) is 12.7. The van der Waals surface area contributed by atoms with Gasteiger partial charge in [-0.3, -0.25) is 4.79 Å². The zero-order valence-corrected chi connectivity index (χ0v) is 16.7. The molecule has 0 unspecified atom stereocenters. The molecule has 0 aromatic heterocycles. The van der Waals surface area contributed by atoms with Gasteiger partial charge in [0.05, 0.1) is 11.4 Å². The number of rotatable bonds is 6. The number of nitrogens with one attached hydrogen (secondary N) is 1. The number of carbonyl (C=O) groups excluding carboxylic acids is 1. The molecule has 136 valence electrons. The van der Waals surface area contributed by atoms with Crippen molar-refractivity contribution in [3.63, 3.8) is 0 Å². The molecule has 0 atom stereocenters. The predicted molar refractivity (Wildman–Crippen MR) is 116 cm³/mol. The first kappa shape index (κ1) is 18.9. The number of ketones is 1. The molecule has 3 aromatic rings. The molecule has 3 aromatic carbocycles. The van der Waals surface area contributed by atoms with Crippen LogP contribution in [0.1, 0.15) is 21.5 Å². The molecular weight excluding hydrogens is 400 g/mol. The summed E-state index contributed by atoms with van der Waals surface area (Å²) in [5.41, 5.74) is 11.3. The molecule has 0 amide bonds. The molecule has 0 saturated heterocycles. The summed E-state index contributed by atoms with van der Waals surface area (Å²) in [6.07, 6.45) is 2.26. The molecule has 0 heterocycles. The summed E-state index contributed by atoms with van der Waals surface area (Å²) in [6, 6.07) is 23.2. The van der Waals surface area contributed by atoms with E-state index in [9.17, 15) is 4.79 Å². The summed E-state index contributed by atoms with van der Waals surface area (Å²) < 4.78 is 0.943. The highest BCUT2D eigenvalue weighted by Gasteiger charge is 2.08. The Morgan fingerprint density at radius 3 is 2.33 bits per heavy atom. The van der Waals surface area contributed by atoms with Gasteiger partial charge in [0.25, 0.3) is 0 Å². The first-order valence-electron chi connectivity index (χ1n) is 8.69. The predicted octanol–water partition coefficient (Wildman–Crippen LogP) is 5.76. The van der Waals surface area contributed by atoms with Crippen molar-refractivity contribution in [2.75, 3.05) is 11.1 Å². The quantitative estimate of drug-likeness (QED) is 0.302. The number of nitrogen functional groups attached to an aromatic ring is 1. The van der Waals surface area contributed by atoms with Crippen molar-refractivity contribution in [3.05, 3.63) is 106 Å². The average Bonchev–Trinajstić information content (AvgIpc) is 2.66. The number of carbonyl (C=O) groups is 1. The fraction of sp³-hybridized carbons (Fsp3) is 0.0870. The van der Waals surface area contributed by atoms with Crippen molar-refractivity contribution in [1.29, 1.82) is 0 Å². The van der Waals surface area contributed by atoms with Crippen molar-refractivity contribution in [1.82, 2.24) is 0 Å². The molecule has 0 aliphatic rings. The molecule has 3 nitrogen and oxygen atoms in total. The number of benzene rings is 3. The normalized spacial score (nSPS) is 11.3. The fourth-order valence-electron chi connectivity index (χ4n) is 2.70. The molecule has 0 bridgehead atoms. The van der Waals surface area contributed by atoms with Crippen molar-refractivity contribution >= 4 is 33.1 Å². The van der Waals surface area contributed by atoms with E-state index >= 15 is 0 Å². The summed E-state index contributed by atoms with van der Waals surface area (Å²) >= 11 is 3.39. The second kappa shape index (κ2) is 8.69. The monoisotopic (exact) mass is 420 g/mol. The van der Waals surface area contributed by atoms with E-state index in [1.165, 1.54) is 5.56 Å². The maximum Gasteiger partial charge on any atom is 0.187 e. The molecule has 4 heteroatoms. The van der Waals surface area contributed by atoms with Crippen molar-refractivity contribution in [2.24, 2.45) is 0 Å². The van der Waals surface area contributed by atoms with Crippen molar-refractivity contribution < 1.29 is 4.79 Å². The molecule has 0 radical (unpaired) electrons. The van der Waals surface area contributed by atoms with E-state index in [1.807, 2.05) is 48.5 Å². The van der Waals surface area contributed by atoms with Crippen molar-refractivity contribution in [3.8, 4) is 0 Å². The highest BCUT2D eigenvalue weighted by molar-refractivity contribution is 9.10. The van der Waals surface area contributed by atoms with Crippen LogP contribution in [-0.2, 0) is 6.42 Å². The lowest BCUT2D eigenvalue weighted by molar-refractivity contribution is 0.104. The number of hydrogen-bond donors (Lipinski definition) is 2. The van der Waals surface area contributed by atoms with Crippen molar-refractivity contribution in [2.45, 2.75) is 13.3 Å². The number of anilines is 2. The average molecular weight is 421 g/mol. The maximum atomic E-state index is 12.7. The van der Waals surface area contributed by atoms with E-state index < -0.39 is 0 Å². The van der Waals surface area contributed by atoms with Gasteiger partial charge in [0, 0.05) is 28.2 Å². The Balaban J connectivity index is 1.90. The van der Waals surface area contributed by atoms with Gasteiger partial charge >= 0.3 is 0 Å². The number of allylic oxidation sites excluding steroid dienone is 2. The third-order valence-electron chi connectivity index (χ3n) is 4.21. The Morgan fingerprint density at radius 2 is 1.67 bits per heavy atom. The summed E-state index contributed by atoms with van der Waals surface area (Å²) in [6.45, 7) is 2.06. The minimum absolute atomic E-state index is 0.0494. The van der Waals surface area contributed by atoms with Crippen LogP contribution >= 0.6 is 15.9 Å². The minimum atomic E-state index is -0.0494. The topological polar surface area (TPSA) is 55.1 Å². The van der Waals surface area contributed by atoms with E-state index in [0.717, 1.165) is 21.4 Å². The van der Waals surface area contributed by atoms with Gasteiger partial charge in [-0.1, -0.05) is 57.9 Å². The van der Waals surface area contributed by atoms with Gasteiger partial charge in [0.2, 0.25) is 0 Å². The Morgan fingerprint density at radius 1 is 1.00 bits per heavy atom. The Labute approximate surface area is 168 Å². The molecule has 3 rings (SSSR count). The zero-order chi connectivity index (χ0) is 19.2. The van der Waals surface area contributed by atoms with Gasteiger partial charge in [-0.05, 0) is 48.9 Å². The van der Waals surface area contributed by atoms with Gasteiger partial charge in [-0.25, -0.2) is 0 Å². The summed E-state index contributed by atoms with van der Waals surface area (Å²) in [5.74, 6) is -0.0494. The second-order valence-electron chi connectivity index (χ2n) is 6.42. The Kier molecular flexibility index (Phi) is 6.09. The SMILES string of the molecule is Cc1ccc(C/C(=C/C(=O)c2ccc(Br)cc2)Nc2ccccc2N)cc1. The van der Waals surface area contributed by atoms with Crippen LogP contribution in [0.25, 0.3) is 0 Å². The second-order valence-corrected chi connectivity index (χ2v) is 7.33. The highest BCUT2D eigenvalue weighted by atomic mass is 79.9. The maximum absolute atomic E-state index is 12.7. The van der Waals surface area contributed by atoms with Gasteiger partial charge in [0.15, 0.2) is 5.78 Å². The third-order valence-corrected chi connectivity index (χ3v) is 4.73. The van der Waals surface area contributed by atoms with Crippen LogP contribution in [0.2, 0.25) is 0 Å². The van der Waals surface area contributed by atoms with Gasteiger partial charge in [-0.2, -0.15) is 0 Å².